The first-order valence-electron chi connectivity index (χ1n) is 9.99. The van der Waals surface area contributed by atoms with Crippen LogP contribution in [0, 0.1) is 0 Å². The van der Waals surface area contributed by atoms with Crippen LogP contribution in [0.2, 0.25) is 0 Å². The molecule has 3 heteroatoms. The third-order valence-corrected chi connectivity index (χ3v) is 4.00. The van der Waals surface area contributed by atoms with E-state index in [4.69, 9.17) is 0 Å². The zero-order valence-corrected chi connectivity index (χ0v) is 17.7. The second kappa shape index (κ2) is 30.6. The van der Waals surface area contributed by atoms with E-state index in [1.54, 1.807) is 0 Å². The summed E-state index contributed by atoms with van der Waals surface area (Å²) >= 11 is 0. The average molecular weight is 339 g/mol. The van der Waals surface area contributed by atoms with Crippen LogP contribution in [0.15, 0.2) is 0 Å². The molecule has 0 amide bonds. The SMILES string of the molecule is CCCCCCCCCC[O-].CCCCCCCCCC[O-].[Mg+2]. The van der Waals surface area contributed by atoms with E-state index in [1.807, 2.05) is 0 Å². The Hall–Kier alpha value is 0.686. The molecule has 0 spiro atoms. The van der Waals surface area contributed by atoms with E-state index < -0.39 is 0 Å². The molecule has 0 aromatic heterocycles. The minimum absolute atomic E-state index is 0. The van der Waals surface area contributed by atoms with Crippen molar-refractivity contribution >= 4 is 23.1 Å². The molecule has 0 aliphatic heterocycles. The van der Waals surface area contributed by atoms with E-state index in [0.29, 0.717) is 0 Å². The van der Waals surface area contributed by atoms with Gasteiger partial charge < -0.3 is 10.2 Å². The van der Waals surface area contributed by atoms with Gasteiger partial charge in [-0.3, -0.25) is 0 Å². The fourth-order valence-corrected chi connectivity index (χ4v) is 2.47. The molecule has 0 aromatic carbocycles. The Morgan fingerprint density at radius 2 is 0.609 bits per heavy atom. The molecule has 0 aliphatic rings. The van der Waals surface area contributed by atoms with Crippen LogP contribution < -0.4 is 10.2 Å². The maximum atomic E-state index is 10.1. The summed E-state index contributed by atoms with van der Waals surface area (Å²) in [5.74, 6) is 0. The molecule has 0 bridgehead atoms. The molecule has 0 radical (unpaired) electrons. The van der Waals surface area contributed by atoms with E-state index in [-0.39, 0.29) is 36.3 Å². The van der Waals surface area contributed by atoms with Crippen LogP contribution >= 0.6 is 0 Å². The largest absolute Gasteiger partial charge is 2.00 e. The Kier molecular flexibility index (Phi) is 37.8. The first-order chi connectivity index (χ1) is 10.8. The molecule has 0 heterocycles. The third kappa shape index (κ3) is 34.9. The molecule has 23 heavy (non-hydrogen) atoms. The van der Waals surface area contributed by atoms with Crippen molar-refractivity contribution in [1.29, 1.82) is 0 Å². The quantitative estimate of drug-likeness (QED) is 0.305. The predicted octanol–water partition coefficient (Wildman–Crippen LogP) is 4.59. The second-order valence-corrected chi connectivity index (χ2v) is 6.36. The van der Waals surface area contributed by atoms with E-state index >= 15 is 0 Å². The van der Waals surface area contributed by atoms with Gasteiger partial charge in [0.2, 0.25) is 0 Å². The van der Waals surface area contributed by atoms with Gasteiger partial charge in [0.15, 0.2) is 0 Å². The van der Waals surface area contributed by atoms with E-state index in [0.717, 1.165) is 25.7 Å². The van der Waals surface area contributed by atoms with Crippen LogP contribution in [-0.4, -0.2) is 36.3 Å². The average Bonchev–Trinajstić information content (AvgIpc) is 2.54. The van der Waals surface area contributed by atoms with Gasteiger partial charge in [0.25, 0.3) is 0 Å². The van der Waals surface area contributed by atoms with Crippen molar-refractivity contribution in [3.8, 4) is 0 Å². The smallest absolute Gasteiger partial charge is 0.854 e. The third-order valence-electron chi connectivity index (χ3n) is 4.00. The van der Waals surface area contributed by atoms with Gasteiger partial charge in [-0.25, -0.2) is 0 Å². The van der Waals surface area contributed by atoms with Crippen molar-refractivity contribution in [1.82, 2.24) is 0 Å². The molecule has 0 N–H and O–H groups in total. The van der Waals surface area contributed by atoms with Gasteiger partial charge >= 0.3 is 23.1 Å². The molecule has 0 atom stereocenters. The van der Waals surface area contributed by atoms with Crippen LogP contribution in [0.1, 0.15) is 117 Å². The molecular weight excluding hydrogens is 297 g/mol. The Balaban J connectivity index is -0.000000333. The molecule has 0 fully saturated rings. The topological polar surface area (TPSA) is 46.1 Å². The summed E-state index contributed by atoms with van der Waals surface area (Å²) < 4.78 is 0. The molecule has 0 saturated carbocycles. The number of hydrogen-bond acceptors (Lipinski definition) is 2. The van der Waals surface area contributed by atoms with Crippen molar-refractivity contribution in [3.05, 3.63) is 0 Å². The maximum absolute atomic E-state index is 10.1. The first-order valence-corrected chi connectivity index (χ1v) is 9.99. The van der Waals surface area contributed by atoms with Gasteiger partial charge in [-0.05, 0) is 0 Å². The normalized spacial score (nSPS) is 9.91. The van der Waals surface area contributed by atoms with Crippen LogP contribution in [-0.2, 0) is 0 Å². The van der Waals surface area contributed by atoms with Gasteiger partial charge in [-0.15, -0.1) is 13.2 Å². The van der Waals surface area contributed by atoms with Gasteiger partial charge in [-0.2, -0.15) is 0 Å². The van der Waals surface area contributed by atoms with E-state index in [1.165, 1.54) is 77.0 Å². The molecule has 0 saturated heterocycles. The van der Waals surface area contributed by atoms with Crippen molar-refractivity contribution in [2.75, 3.05) is 13.2 Å². The van der Waals surface area contributed by atoms with Gasteiger partial charge in [0, 0.05) is 0 Å². The molecule has 136 valence electrons. The fourth-order valence-electron chi connectivity index (χ4n) is 2.47. The van der Waals surface area contributed by atoms with Crippen LogP contribution in [0.25, 0.3) is 0 Å². The number of rotatable bonds is 16. The standard InChI is InChI=1S/2C10H21O.Mg/c2*1-2-3-4-5-6-7-8-9-10-11;/h2*2-10H2,1H3;/q2*-1;+2. The van der Waals surface area contributed by atoms with Crippen molar-refractivity contribution in [2.24, 2.45) is 0 Å². The Morgan fingerprint density at radius 3 is 0.826 bits per heavy atom. The summed E-state index contributed by atoms with van der Waals surface area (Å²) in [6, 6.07) is 0. The van der Waals surface area contributed by atoms with Crippen molar-refractivity contribution < 1.29 is 10.2 Å². The minimum Gasteiger partial charge on any atom is -0.854 e. The molecule has 0 rings (SSSR count). The summed E-state index contributed by atoms with van der Waals surface area (Å²) in [6.07, 6.45) is 20.2. The summed E-state index contributed by atoms with van der Waals surface area (Å²) in [5.41, 5.74) is 0. The predicted molar refractivity (Wildman–Crippen MR) is 101 cm³/mol. The molecule has 2 nitrogen and oxygen atoms in total. The minimum atomic E-state index is 0. The van der Waals surface area contributed by atoms with Crippen LogP contribution in [0.5, 0.6) is 0 Å². The van der Waals surface area contributed by atoms with Crippen LogP contribution in [0.3, 0.4) is 0 Å². The molecule has 0 unspecified atom stereocenters. The summed E-state index contributed by atoms with van der Waals surface area (Å²) in [5, 5.41) is 20.1. The summed E-state index contributed by atoms with van der Waals surface area (Å²) in [7, 11) is 0. The Bertz CT molecular complexity index is 132. The maximum Gasteiger partial charge on any atom is 2.00 e. The van der Waals surface area contributed by atoms with Gasteiger partial charge in [0.1, 0.15) is 0 Å². The monoisotopic (exact) mass is 338 g/mol. The fraction of sp³-hybridized carbons (Fsp3) is 1.00. The van der Waals surface area contributed by atoms with Crippen LogP contribution in [0.4, 0.5) is 0 Å². The zero-order valence-electron chi connectivity index (χ0n) is 16.3. The summed E-state index contributed by atoms with van der Waals surface area (Å²) in [6.45, 7) is 4.71. The van der Waals surface area contributed by atoms with E-state index in [2.05, 4.69) is 13.8 Å². The van der Waals surface area contributed by atoms with Gasteiger partial charge in [-0.1, -0.05) is 117 Å². The van der Waals surface area contributed by atoms with E-state index in [9.17, 15) is 10.2 Å². The Labute approximate surface area is 163 Å². The second-order valence-electron chi connectivity index (χ2n) is 6.36. The first kappa shape index (κ1) is 28.5. The zero-order chi connectivity index (χ0) is 16.7. The molecule has 0 aromatic rings. The number of hydrogen-bond donors (Lipinski definition) is 0. The Morgan fingerprint density at radius 1 is 0.391 bits per heavy atom. The molecular formula is C20H42MgO2. The van der Waals surface area contributed by atoms with Crippen molar-refractivity contribution in [2.45, 2.75) is 117 Å². The van der Waals surface area contributed by atoms with Crippen molar-refractivity contribution in [3.63, 3.8) is 0 Å². The molecule has 0 aliphatic carbocycles. The number of unbranched alkanes of at least 4 members (excludes halogenated alkanes) is 14. The van der Waals surface area contributed by atoms with Gasteiger partial charge in [0.05, 0.1) is 0 Å². The summed E-state index contributed by atoms with van der Waals surface area (Å²) in [4.78, 5) is 0.